The molecule has 3 N–H and O–H groups in total. The molecule has 0 saturated carbocycles. The number of rotatable bonds is 6. The van der Waals surface area contributed by atoms with E-state index in [1.807, 2.05) is 0 Å². The smallest absolute Gasteiger partial charge is 0.326 e. The Morgan fingerprint density at radius 1 is 1.25 bits per heavy atom. The molecule has 1 aromatic rings. The third-order valence-electron chi connectivity index (χ3n) is 2.21. The van der Waals surface area contributed by atoms with Gasteiger partial charge in [-0.15, -0.1) is 10.2 Å². The number of carboxylic acid groups (broad SMARTS) is 2. The Morgan fingerprint density at radius 2 is 1.90 bits per heavy atom. The zero-order valence-corrected chi connectivity index (χ0v) is 11.4. The number of nitrogens with zero attached hydrogens (tertiary/aromatic N) is 2. The van der Waals surface area contributed by atoms with Crippen LogP contribution in [0.4, 0.5) is 0 Å². The Hall–Kier alpha value is -1.93. The summed E-state index contributed by atoms with van der Waals surface area (Å²) in [5.41, 5.74) is -0.145. The lowest BCUT2D eigenvalue weighted by atomic mass is 10.1. The number of hydrogen-bond acceptors (Lipinski definition) is 5. The standard InChI is InChI=1S/C10H9Cl2N3O5/c11-6-3-4(8(12)15-14-6)9(18)13-5(10(19)20)1-2-7(16)17/h3,5H,1-2H2,(H,13,18)(H,16,17)(H,19,20)/t5-/m0/s1. The van der Waals surface area contributed by atoms with E-state index in [-0.39, 0.29) is 22.3 Å². The van der Waals surface area contributed by atoms with Crippen molar-refractivity contribution in [2.24, 2.45) is 0 Å². The van der Waals surface area contributed by atoms with Crippen LogP contribution in [0.15, 0.2) is 6.07 Å². The third kappa shape index (κ3) is 4.63. The van der Waals surface area contributed by atoms with Crippen molar-refractivity contribution in [3.8, 4) is 0 Å². The molecule has 1 aromatic heterocycles. The SMILES string of the molecule is O=C(O)CC[C@H](NC(=O)c1cc(Cl)nnc1Cl)C(=O)O. The molecule has 20 heavy (non-hydrogen) atoms. The molecule has 0 aliphatic carbocycles. The van der Waals surface area contributed by atoms with E-state index in [2.05, 4.69) is 15.5 Å². The molecule has 0 aliphatic rings. The predicted octanol–water partition coefficient (Wildman–Crippen LogP) is 0.831. The Labute approximate surface area is 122 Å². The highest BCUT2D eigenvalue weighted by atomic mass is 35.5. The minimum atomic E-state index is -1.36. The molecule has 1 atom stereocenters. The van der Waals surface area contributed by atoms with E-state index >= 15 is 0 Å². The van der Waals surface area contributed by atoms with Gasteiger partial charge in [0, 0.05) is 6.42 Å². The van der Waals surface area contributed by atoms with Gasteiger partial charge in [-0.1, -0.05) is 23.2 Å². The molecule has 1 rings (SSSR count). The lowest BCUT2D eigenvalue weighted by Gasteiger charge is -2.13. The second-order valence-electron chi connectivity index (χ2n) is 3.67. The van der Waals surface area contributed by atoms with Gasteiger partial charge in [-0.05, 0) is 12.5 Å². The van der Waals surface area contributed by atoms with Crippen molar-refractivity contribution >= 4 is 41.0 Å². The molecular weight excluding hydrogens is 313 g/mol. The minimum Gasteiger partial charge on any atom is -0.481 e. The van der Waals surface area contributed by atoms with E-state index in [1.165, 1.54) is 0 Å². The summed E-state index contributed by atoms with van der Waals surface area (Å²) in [7, 11) is 0. The van der Waals surface area contributed by atoms with Crippen LogP contribution in [-0.2, 0) is 9.59 Å². The highest BCUT2D eigenvalue weighted by Crippen LogP contribution is 2.15. The first kappa shape index (κ1) is 16.1. The number of carbonyl (C=O) groups excluding carboxylic acids is 1. The number of nitrogens with one attached hydrogen (secondary N) is 1. The third-order valence-corrected chi connectivity index (χ3v) is 2.68. The average molecular weight is 322 g/mol. The highest BCUT2D eigenvalue weighted by Gasteiger charge is 2.23. The Balaban J connectivity index is 2.82. The maximum atomic E-state index is 11.8. The van der Waals surface area contributed by atoms with Gasteiger partial charge in [-0.25, -0.2) is 4.79 Å². The molecule has 10 heteroatoms. The van der Waals surface area contributed by atoms with Crippen molar-refractivity contribution in [3.63, 3.8) is 0 Å². The first-order valence-corrected chi connectivity index (χ1v) is 6.01. The molecule has 108 valence electrons. The molecule has 1 amide bonds. The Kier molecular flexibility index (Phi) is 5.66. The van der Waals surface area contributed by atoms with Crippen molar-refractivity contribution in [2.45, 2.75) is 18.9 Å². The van der Waals surface area contributed by atoms with Gasteiger partial charge < -0.3 is 15.5 Å². The van der Waals surface area contributed by atoms with Crippen molar-refractivity contribution in [3.05, 3.63) is 21.9 Å². The lowest BCUT2D eigenvalue weighted by Crippen LogP contribution is -2.41. The second kappa shape index (κ2) is 7.01. The van der Waals surface area contributed by atoms with Gasteiger partial charge in [-0.3, -0.25) is 9.59 Å². The minimum absolute atomic E-state index is 0.0861. The molecule has 0 bridgehead atoms. The van der Waals surface area contributed by atoms with Gasteiger partial charge >= 0.3 is 11.9 Å². The average Bonchev–Trinajstić information content (AvgIpc) is 2.36. The Morgan fingerprint density at radius 3 is 2.45 bits per heavy atom. The molecule has 1 heterocycles. The summed E-state index contributed by atoms with van der Waals surface area (Å²) < 4.78 is 0. The molecule has 0 aliphatic heterocycles. The van der Waals surface area contributed by atoms with Crippen molar-refractivity contribution in [2.75, 3.05) is 0 Å². The highest BCUT2D eigenvalue weighted by molar-refractivity contribution is 6.34. The molecule has 0 unspecified atom stereocenters. The summed E-state index contributed by atoms with van der Waals surface area (Å²) in [5.74, 6) is -3.36. The lowest BCUT2D eigenvalue weighted by molar-refractivity contribution is -0.140. The van der Waals surface area contributed by atoms with E-state index in [9.17, 15) is 14.4 Å². The van der Waals surface area contributed by atoms with E-state index in [0.717, 1.165) is 6.07 Å². The van der Waals surface area contributed by atoms with Crippen LogP contribution in [-0.4, -0.2) is 44.3 Å². The number of amides is 1. The van der Waals surface area contributed by atoms with Crippen LogP contribution in [0.25, 0.3) is 0 Å². The zero-order valence-electron chi connectivity index (χ0n) is 9.84. The fourth-order valence-electron chi connectivity index (χ4n) is 1.27. The van der Waals surface area contributed by atoms with Crippen LogP contribution in [0.2, 0.25) is 10.3 Å². The van der Waals surface area contributed by atoms with E-state index in [1.54, 1.807) is 0 Å². The maximum absolute atomic E-state index is 11.8. The molecule has 0 fully saturated rings. The van der Waals surface area contributed by atoms with Gasteiger partial charge in [0.15, 0.2) is 10.3 Å². The van der Waals surface area contributed by atoms with Crippen LogP contribution >= 0.6 is 23.2 Å². The quantitative estimate of drug-likeness (QED) is 0.707. The maximum Gasteiger partial charge on any atom is 0.326 e. The number of aromatic nitrogens is 2. The fourth-order valence-corrected chi connectivity index (χ4v) is 1.60. The monoisotopic (exact) mass is 321 g/mol. The van der Waals surface area contributed by atoms with Gasteiger partial charge in [0.05, 0.1) is 5.56 Å². The van der Waals surface area contributed by atoms with Crippen LogP contribution in [0.1, 0.15) is 23.2 Å². The second-order valence-corrected chi connectivity index (χ2v) is 4.41. The Bertz CT molecular complexity index is 552. The number of hydrogen-bond donors (Lipinski definition) is 3. The van der Waals surface area contributed by atoms with Gasteiger partial charge in [-0.2, -0.15) is 0 Å². The number of carboxylic acids is 2. The molecular formula is C10H9Cl2N3O5. The summed E-state index contributed by atoms with van der Waals surface area (Å²) in [6, 6.07) is -0.232. The van der Waals surface area contributed by atoms with Gasteiger partial charge in [0.1, 0.15) is 6.04 Å². The summed E-state index contributed by atoms with van der Waals surface area (Å²) in [4.78, 5) is 33.2. The largest absolute Gasteiger partial charge is 0.481 e. The number of aliphatic carboxylic acids is 2. The summed E-state index contributed by atoms with van der Waals surface area (Å²) >= 11 is 11.2. The van der Waals surface area contributed by atoms with E-state index in [0.29, 0.717) is 0 Å². The first-order valence-electron chi connectivity index (χ1n) is 5.25. The van der Waals surface area contributed by atoms with Crippen molar-refractivity contribution < 1.29 is 24.6 Å². The summed E-state index contributed by atoms with van der Waals surface area (Å²) in [5, 5.41) is 26.1. The molecule has 0 saturated heterocycles. The van der Waals surface area contributed by atoms with E-state index < -0.39 is 30.3 Å². The van der Waals surface area contributed by atoms with Gasteiger partial charge in [0.25, 0.3) is 5.91 Å². The number of carbonyl (C=O) groups is 3. The molecule has 0 radical (unpaired) electrons. The van der Waals surface area contributed by atoms with Crippen LogP contribution in [0.3, 0.4) is 0 Å². The van der Waals surface area contributed by atoms with Crippen molar-refractivity contribution in [1.29, 1.82) is 0 Å². The van der Waals surface area contributed by atoms with Crippen LogP contribution in [0.5, 0.6) is 0 Å². The fraction of sp³-hybridized carbons (Fsp3) is 0.300. The van der Waals surface area contributed by atoms with E-state index in [4.69, 9.17) is 33.4 Å². The zero-order chi connectivity index (χ0) is 15.3. The van der Waals surface area contributed by atoms with Gasteiger partial charge in [0.2, 0.25) is 0 Å². The summed E-state index contributed by atoms with van der Waals surface area (Å²) in [6.07, 6.45) is -0.666. The first-order chi connectivity index (χ1) is 9.31. The summed E-state index contributed by atoms with van der Waals surface area (Å²) in [6.45, 7) is 0. The molecule has 8 nitrogen and oxygen atoms in total. The normalized spacial score (nSPS) is 11.7. The van der Waals surface area contributed by atoms with Crippen LogP contribution in [0, 0.1) is 0 Å². The number of halogens is 2. The topological polar surface area (TPSA) is 129 Å². The van der Waals surface area contributed by atoms with Crippen molar-refractivity contribution in [1.82, 2.24) is 15.5 Å². The molecule has 0 aromatic carbocycles. The predicted molar refractivity (Wildman–Crippen MR) is 67.8 cm³/mol. The molecule has 0 spiro atoms. The van der Waals surface area contributed by atoms with Crippen LogP contribution < -0.4 is 5.32 Å².